The van der Waals surface area contributed by atoms with Crippen molar-refractivity contribution in [1.82, 2.24) is 18.3 Å². The molecule has 4 rings (SSSR count). The highest BCUT2D eigenvalue weighted by Gasteiger charge is 2.31. The number of fused-ring (bicyclic) bond motifs is 1. The molecular weight excluding hydrogens is 442 g/mol. The van der Waals surface area contributed by atoms with Gasteiger partial charge in [0.05, 0.1) is 15.9 Å². The maximum atomic E-state index is 13.5. The van der Waals surface area contributed by atoms with Gasteiger partial charge < -0.3 is 4.90 Å². The zero-order chi connectivity index (χ0) is 23.0. The highest BCUT2D eigenvalue weighted by molar-refractivity contribution is 7.89. The number of nitrogens with zero attached hydrogens (tertiary/aromatic N) is 4. The van der Waals surface area contributed by atoms with E-state index < -0.39 is 21.7 Å². The number of hydrogen-bond acceptors (Lipinski definition) is 4. The number of piperazine rings is 1. The fourth-order valence-electron chi connectivity index (χ4n) is 3.93. The number of aromatic nitrogens is 2. The van der Waals surface area contributed by atoms with Gasteiger partial charge in [-0.3, -0.25) is 13.9 Å². The topological polar surface area (TPSA) is 84.6 Å². The average molecular weight is 464 g/mol. The number of sulfonamides is 1. The summed E-state index contributed by atoms with van der Waals surface area (Å²) in [6.45, 7) is 2.46. The van der Waals surface area contributed by atoms with Crippen LogP contribution in [0.15, 0.2) is 52.2 Å². The number of aryl methyl sites for hydroxylation is 1. The summed E-state index contributed by atoms with van der Waals surface area (Å²) >= 11 is 0. The van der Waals surface area contributed by atoms with Gasteiger partial charge in [0.1, 0.15) is 6.54 Å². The van der Waals surface area contributed by atoms with E-state index in [1.54, 1.807) is 16.7 Å². The van der Waals surface area contributed by atoms with Gasteiger partial charge in [0.25, 0.3) is 0 Å². The lowest BCUT2D eigenvalue weighted by atomic mass is 10.3. The quantitative estimate of drug-likeness (QED) is 0.575. The molecule has 1 aromatic heterocycles. The van der Waals surface area contributed by atoms with E-state index in [1.807, 2.05) is 19.1 Å². The molecule has 1 amide bonds. The predicted octanol–water partition coefficient (Wildman–Crippen LogP) is 1.63. The maximum absolute atomic E-state index is 13.5. The summed E-state index contributed by atoms with van der Waals surface area (Å²) in [7, 11) is -4.01. The van der Waals surface area contributed by atoms with Crippen LogP contribution < -0.4 is 5.69 Å². The molecule has 170 valence electrons. The zero-order valence-electron chi connectivity index (χ0n) is 17.4. The van der Waals surface area contributed by atoms with Crippen LogP contribution >= 0.6 is 0 Å². The van der Waals surface area contributed by atoms with Crippen LogP contribution in [0.3, 0.4) is 0 Å². The first kappa shape index (κ1) is 22.2. The first-order valence-electron chi connectivity index (χ1n) is 10.1. The van der Waals surface area contributed by atoms with Crippen molar-refractivity contribution in [2.75, 3.05) is 26.2 Å². The molecule has 0 spiro atoms. The van der Waals surface area contributed by atoms with E-state index in [9.17, 15) is 26.8 Å². The normalized spacial score (nSPS) is 15.4. The van der Waals surface area contributed by atoms with E-state index >= 15 is 0 Å². The summed E-state index contributed by atoms with van der Waals surface area (Å²) < 4.78 is 56.2. The molecule has 2 heterocycles. The Labute approximate surface area is 183 Å². The summed E-state index contributed by atoms with van der Waals surface area (Å²) in [5, 5.41) is 0. The Kier molecular flexibility index (Phi) is 5.87. The van der Waals surface area contributed by atoms with E-state index in [0.717, 1.165) is 22.0 Å². The molecular formula is C21H22F2N4O4S. The highest BCUT2D eigenvalue weighted by atomic mass is 32.2. The summed E-state index contributed by atoms with van der Waals surface area (Å²) in [5.41, 5.74) is 1.13. The second kappa shape index (κ2) is 8.47. The molecule has 0 N–H and O–H groups in total. The van der Waals surface area contributed by atoms with Crippen molar-refractivity contribution in [1.29, 1.82) is 0 Å². The van der Waals surface area contributed by atoms with Crippen molar-refractivity contribution in [2.45, 2.75) is 24.9 Å². The predicted molar refractivity (Wildman–Crippen MR) is 114 cm³/mol. The first-order chi connectivity index (χ1) is 15.2. The average Bonchev–Trinajstić information content (AvgIpc) is 3.06. The molecule has 1 fully saturated rings. The molecule has 1 aliphatic heterocycles. The molecule has 2 aromatic carbocycles. The molecule has 3 aromatic rings. The van der Waals surface area contributed by atoms with Gasteiger partial charge in [0.15, 0.2) is 11.6 Å². The molecule has 32 heavy (non-hydrogen) atoms. The van der Waals surface area contributed by atoms with Crippen LogP contribution in [0.25, 0.3) is 11.0 Å². The maximum Gasteiger partial charge on any atom is 0.329 e. The molecule has 0 saturated carbocycles. The second-order valence-electron chi connectivity index (χ2n) is 7.46. The number of benzene rings is 2. The standard InChI is InChI=1S/C21H22F2N4O4S/c1-2-26-18-5-3-4-6-19(18)27(21(26)29)14-20(28)24-9-11-25(12-10-24)32(30,31)15-7-8-16(22)17(23)13-15/h3-8,13H,2,9-12,14H2,1H3. The van der Waals surface area contributed by atoms with Crippen molar-refractivity contribution < 1.29 is 22.0 Å². The van der Waals surface area contributed by atoms with Crippen LogP contribution in [-0.4, -0.2) is 58.8 Å². The lowest BCUT2D eigenvalue weighted by Crippen LogP contribution is -2.51. The zero-order valence-corrected chi connectivity index (χ0v) is 18.2. The Balaban J connectivity index is 1.48. The van der Waals surface area contributed by atoms with Gasteiger partial charge in [-0.15, -0.1) is 0 Å². The Bertz CT molecular complexity index is 1340. The van der Waals surface area contributed by atoms with Crippen molar-refractivity contribution in [3.63, 3.8) is 0 Å². The minimum absolute atomic E-state index is 0.0126. The van der Waals surface area contributed by atoms with E-state index in [4.69, 9.17) is 0 Å². The van der Waals surface area contributed by atoms with Crippen molar-refractivity contribution in [3.8, 4) is 0 Å². The molecule has 0 aliphatic carbocycles. The molecule has 0 atom stereocenters. The van der Waals surface area contributed by atoms with Gasteiger partial charge in [0, 0.05) is 32.7 Å². The largest absolute Gasteiger partial charge is 0.338 e. The van der Waals surface area contributed by atoms with E-state index in [2.05, 4.69) is 0 Å². The molecule has 0 unspecified atom stereocenters. The molecule has 0 bridgehead atoms. The van der Waals surface area contributed by atoms with Crippen LogP contribution in [0.1, 0.15) is 6.92 Å². The van der Waals surface area contributed by atoms with Crippen LogP contribution in [0.2, 0.25) is 0 Å². The lowest BCUT2D eigenvalue weighted by Gasteiger charge is -2.34. The molecule has 1 saturated heterocycles. The van der Waals surface area contributed by atoms with Crippen molar-refractivity contribution >= 4 is 27.0 Å². The second-order valence-corrected chi connectivity index (χ2v) is 9.40. The number of amides is 1. The van der Waals surface area contributed by atoms with Gasteiger partial charge in [-0.2, -0.15) is 4.31 Å². The fourth-order valence-corrected chi connectivity index (χ4v) is 5.36. The number of halogens is 2. The van der Waals surface area contributed by atoms with E-state index in [1.165, 1.54) is 9.47 Å². The Morgan fingerprint density at radius 2 is 1.56 bits per heavy atom. The molecule has 11 heteroatoms. The van der Waals surface area contributed by atoms with Gasteiger partial charge in [-0.05, 0) is 37.3 Å². The lowest BCUT2D eigenvalue weighted by molar-refractivity contribution is -0.133. The van der Waals surface area contributed by atoms with Gasteiger partial charge >= 0.3 is 5.69 Å². The van der Waals surface area contributed by atoms with Crippen molar-refractivity contribution in [2.24, 2.45) is 0 Å². The SMILES string of the molecule is CCn1c(=O)n(CC(=O)N2CCN(S(=O)(=O)c3ccc(F)c(F)c3)CC2)c2ccccc21. The fraction of sp³-hybridized carbons (Fsp3) is 0.333. The summed E-state index contributed by atoms with van der Waals surface area (Å²) in [6, 6.07) is 9.66. The smallest absolute Gasteiger partial charge is 0.329 e. The summed E-state index contributed by atoms with van der Waals surface area (Å²) in [6.07, 6.45) is 0. The summed E-state index contributed by atoms with van der Waals surface area (Å²) in [4.78, 5) is 26.8. The first-order valence-corrected chi connectivity index (χ1v) is 11.6. The van der Waals surface area contributed by atoms with Crippen molar-refractivity contribution in [3.05, 3.63) is 64.6 Å². The monoisotopic (exact) mass is 464 g/mol. The minimum atomic E-state index is -4.01. The van der Waals surface area contributed by atoms with Crippen LogP contribution in [0.5, 0.6) is 0 Å². The number of carbonyl (C=O) groups excluding carboxylic acids is 1. The number of hydrogen-bond donors (Lipinski definition) is 0. The minimum Gasteiger partial charge on any atom is -0.338 e. The van der Waals surface area contributed by atoms with Crippen LogP contribution in [0, 0.1) is 11.6 Å². The molecule has 1 aliphatic rings. The van der Waals surface area contributed by atoms with Gasteiger partial charge in [-0.25, -0.2) is 22.0 Å². The third-order valence-corrected chi connectivity index (χ3v) is 7.55. The van der Waals surface area contributed by atoms with E-state index in [-0.39, 0.29) is 49.2 Å². The third-order valence-electron chi connectivity index (χ3n) is 5.65. The van der Waals surface area contributed by atoms with Gasteiger partial charge in [0.2, 0.25) is 15.9 Å². The number of imidazole rings is 1. The Morgan fingerprint density at radius 3 is 2.16 bits per heavy atom. The Morgan fingerprint density at radius 1 is 0.938 bits per heavy atom. The number of rotatable bonds is 5. The molecule has 0 radical (unpaired) electrons. The highest BCUT2D eigenvalue weighted by Crippen LogP contribution is 2.20. The third kappa shape index (κ3) is 3.82. The number of carbonyl (C=O) groups is 1. The molecule has 8 nitrogen and oxygen atoms in total. The Hall–Kier alpha value is -3.05. The van der Waals surface area contributed by atoms with Gasteiger partial charge in [-0.1, -0.05) is 12.1 Å². The number of para-hydroxylation sites is 2. The summed E-state index contributed by atoms with van der Waals surface area (Å²) in [5.74, 6) is -2.66. The van der Waals surface area contributed by atoms with E-state index in [0.29, 0.717) is 18.1 Å². The van der Waals surface area contributed by atoms with Crippen LogP contribution in [0.4, 0.5) is 8.78 Å². The van der Waals surface area contributed by atoms with Crippen LogP contribution in [-0.2, 0) is 27.9 Å².